The van der Waals surface area contributed by atoms with Crippen molar-refractivity contribution in [1.29, 1.82) is 0 Å². The number of nitrogens with zero attached hydrogens (tertiary/aromatic N) is 1. The minimum absolute atomic E-state index is 0. The molecule has 0 fully saturated rings. The number of alkyl carbamates (subject to hydrolysis) is 1. The predicted molar refractivity (Wildman–Crippen MR) is 120 cm³/mol. The van der Waals surface area contributed by atoms with E-state index in [1.165, 1.54) is 0 Å². The fourth-order valence-electron chi connectivity index (χ4n) is 2.07. The van der Waals surface area contributed by atoms with E-state index in [2.05, 4.69) is 20.9 Å². The maximum atomic E-state index is 11.5. The molecule has 0 aromatic heterocycles. The zero-order chi connectivity index (χ0) is 19.4. The van der Waals surface area contributed by atoms with Crippen LogP contribution >= 0.6 is 24.0 Å². The highest BCUT2D eigenvalue weighted by atomic mass is 127. The zero-order valence-electron chi connectivity index (χ0n) is 16.9. The number of hydrogen-bond acceptors (Lipinski definition) is 4. The Balaban J connectivity index is 0.00000676. The number of carbonyl (C=O) groups is 1. The molecular weight excluding hydrogens is 459 g/mol. The first-order chi connectivity index (χ1) is 12.3. The van der Waals surface area contributed by atoms with Gasteiger partial charge in [-0.15, -0.1) is 24.0 Å². The maximum Gasteiger partial charge on any atom is 0.407 e. The Morgan fingerprint density at radius 1 is 1.07 bits per heavy atom. The molecule has 0 heterocycles. The second-order valence-corrected chi connectivity index (χ2v) is 6.82. The van der Waals surface area contributed by atoms with Gasteiger partial charge < -0.3 is 25.4 Å². The van der Waals surface area contributed by atoms with Crippen molar-refractivity contribution in [3.63, 3.8) is 0 Å². The van der Waals surface area contributed by atoms with Gasteiger partial charge in [0.1, 0.15) is 18.0 Å². The third-order valence-electron chi connectivity index (χ3n) is 3.28. The standard InChI is InChI=1S/C19H32N4O3.HI/c1-15-9-6-7-10-16(15)25-14-13-22-17(20-5)21-11-8-12-23-18(24)26-19(2,3)4;/h6-7,9-10H,8,11-14H2,1-5H3,(H,23,24)(H2,20,21,22);1H. The number of benzene rings is 1. The number of aliphatic imine (C=N–C) groups is 1. The number of carbonyl (C=O) groups excluding carboxylic acids is 1. The number of ether oxygens (including phenoxy) is 2. The summed E-state index contributed by atoms with van der Waals surface area (Å²) < 4.78 is 10.9. The predicted octanol–water partition coefficient (Wildman–Crippen LogP) is 3.07. The van der Waals surface area contributed by atoms with E-state index in [0.717, 1.165) is 17.7 Å². The number of rotatable bonds is 8. The molecule has 0 spiro atoms. The van der Waals surface area contributed by atoms with Crippen LogP contribution in [0.5, 0.6) is 5.75 Å². The molecule has 0 bridgehead atoms. The first-order valence-corrected chi connectivity index (χ1v) is 8.91. The van der Waals surface area contributed by atoms with Gasteiger partial charge in [-0.3, -0.25) is 4.99 Å². The number of para-hydroxylation sites is 1. The first-order valence-electron chi connectivity index (χ1n) is 8.91. The van der Waals surface area contributed by atoms with E-state index in [1.807, 2.05) is 52.0 Å². The summed E-state index contributed by atoms with van der Waals surface area (Å²) in [5.74, 6) is 1.60. The molecule has 0 saturated carbocycles. The summed E-state index contributed by atoms with van der Waals surface area (Å²) in [6.45, 7) is 9.96. The van der Waals surface area contributed by atoms with E-state index in [0.29, 0.717) is 32.2 Å². The molecule has 1 rings (SSSR count). The Morgan fingerprint density at radius 2 is 1.70 bits per heavy atom. The topological polar surface area (TPSA) is 84.0 Å². The van der Waals surface area contributed by atoms with Crippen molar-refractivity contribution in [3.05, 3.63) is 29.8 Å². The quantitative estimate of drug-likeness (QED) is 0.225. The van der Waals surface area contributed by atoms with Gasteiger partial charge >= 0.3 is 6.09 Å². The lowest BCUT2D eigenvalue weighted by molar-refractivity contribution is 0.0527. The molecule has 0 aliphatic carbocycles. The van der Waals surface area contributed by atoms with Gasteiger partial charge in [-0.1, -0.05) is 18.2 Å². The van der Waals surface area contributed by atoms with Gasteiger partial charge in [0.25, 0.3) is 0 Å². The molecule has 0 aliphatic rings. The minimum atomic E-state index is -0.478. The van der Waals surface area contributed by atoms with E-state index in [1.54, 1.807) is 7.05 Å². The monoisotopic (exact) mass is 492 g/mol. The van der Waals surface area contributed by atoms with Crippen LogP contribution in [0.15, 0.2) is 29.3 Å². The summed E-state index contributed by atoms with van der Waals surface area (Å²) in [6, 6.07) is 7.93. The fraction of sp³-hybridized carbons (Fsp3) is 0.579. The van der Waals surface area contributed by atoms with E-state index >= 15 is 0 Å². The van der Waals surface area contributed by atoms with Crippen LogP contribution in [-0.4, -0.2) is 50.9 Å². The van der Waals surface area contributed by atoms with E-state index in [-0.39, 0.29) is 24.0 Å². The fourth-order valence-corrected chi connectivity index (χ4v) is 2.07. The van der Waals surface area contributed by atoms with Crippen LogP contribution in [0, 0.1) is 6.92 Å². The van der Waals surface area contributed by atoms with Crippen molar-refractivity contribution < 1.29 is 14.3 Å². The Hall–Kier alpha value is -1.71. The lowest BCUT2D eigenvalue weighted by atomic mass is 10.2. The Labute approximate surface area is 179 Å². The van der Waals surface area contributed by atoms with Crippen LogP contribution in [0.4, 0.5) is 4.79 Å². The van der Waals surface area contributed by atoms with E-state index in [9.17, 15) is 4.79 Å². The first kappa shape index (κ1) is 25.3. The molecule has 0 radical (unpaired) electrons. The molecule has 1 amide bonds. The number of hydrogen-bond donors (Lipinski definition) is 3. The van der Waals surface area contributed by atoms with Crippen molar-refractivity contribution >= 4 is 36.0 Å². The average molecular weight is 492 g/mol. The Bertz CT molecular complexity index is 589. The smallest absolute Gasteiger partial charge is 0.407 e. The second-order valence-electron chi connectivity index (χ2n) is 6.82. The number of amides is 1. The van der Waals surface area contributed by atoms with Gasteiger partial charge in [-0.25, -0.2) is 4.79 Å². The molecule has 0 saturated heterocycles. The molecule has 1 aromatic rings. The van der Waals surface area contributed by atoms with Crippen molar-refractivity contribution in [2.24, 2.45) is 4.99 Å². The number of halogens is 1. The highest BCUT2D eigenvalue weighted by Crippen LogP contribution is 2.15. The van der Waals surface area contributed by atoms with E-state index < -0.39 is 11.7 Å². The molecule has 154 valence electrons. The van der Waals surface area contributed by atoms with Crippen molar-refractivity contribution in [2.45, 2.75) is 39.7 Å². The van der Waals surface area contributed by atoms with Crippen LogP contribution < -0.4 is 20.7 Å². The van der Waals surface area contributed by atoms with Crippen molar-refractivity contribution in [2.75, 3.05) is 33.3 Å². The van der Waals surface area contributed by atoms with Gasteiger partial charge in [0.2, 0.25) is 0 Å². The Kier molecular flexibility index (Phi) is 12.6. The molecule has 8 heteroatoms. The zero-order valence-corrected chi connectivity index (χ0v) is 19.3. The molecule has 3 N–H and O–H groups in total. The van der Waals surface area contributed by atoms with E-state index in [4.69, 9.17) is 9.47 Å². The highest BCUT2D eigenvalue weighted by Gasteiger charge is 2.15. The molecule has 0 aliphatic heterocycles. The summed E-state index contributed by atoms with van der Waals surface area (Å²) in [5.41, 5.74) is 0.641. The number of aryl methyl sites for hydroxylation is 1. The van der Waals surface area contributed by atoms with Gasteiger partial charge in [0.05, 0.1) is 6.54 Å². The SMILES string of the molecule is CN=C(NCCCNC(=O)OC(C)(C)C)NCCOc1ccccc1C.I. The molecule has 1 aromatic carbocycles. The normalized spacial score (nSPS) is 11.2. The lowest BCUT2D eigenvalue weighted by Gasteiger charge is -2.19. The maximum absolute atomic E-state index is 11.5. The second kappa shape index (κ2) is 13.5. The molecule has 0 atom stereocenters. The number of guanidine groups is 1. The number of nitrogens with one attached hydrogen (secondary N) is 3. The van der Waals surface area contributed by atoms with Crippen molar-refractivity contribution in [1.82, 2.24) is 16.0 Å². The summed E-state index contributed by atoms with van der Waals surface area (Å²) in [4.78, 5) is 15.7. The minimum Gasteiger partial charge on any atom is -0.491 e. The summed E-state index contributed by atoms with van der Waals surface area (Å²) >= 11 is 0. The Morgan fingerprint density at radius 3 is 2.33 bits per heavy atom. The van der Waals surface area contributed by atoms with Gasteiger partial charge in [-0.2, -0.15) is 0 Å². The summed E-state index contributed by atoms with van der Waals surface area (Å²) in [6.07, 6.45) is 0.369. The van der Waals surface area contributed by atoms with Crippen LogP contribution in [0.1, 0.15) is 32.8 Å². The van der Waals surface area contributed by atoms with Crippen molar-refractivity contribution in [3.8, 4) is 5.75 Å². The molecule has 0 unspecified atom stereocenters. The van der Waals surface area contributed by atoms with Crippen LogP contribution in [0.2, 0.25) is 0 Å². The highest BCUT2D eigenvalue weighted by molar-refractivity contribution is 14.0. The van der Waals surface area contributed by atoms with Crippen LogP contribution in [-0.2, 0) is 4.74 Å². The lowest BCUT2D eigenvalue weighted by Crippen LogP contribution is -2.40. The van der Waals surface area contributed by atoms with Gasteiger partial charge in [0, 0.05) is 20.1 Å². The molecule has 7 nitrogen and oxygen atoms in total. The van der Waals surface area contributed by atoms with Crippen LogP contribution in [0.3, 0.4) is 0 Å². The van der Waals surface area contributed by atoms with Crippen LogP contribution in [0.25, 0.3) is 0 Å². The third-order valence-corrected chi connectivity index (χ3v) is 3.28. The van der Waals surface area contributed by atoms with Gasteiger partial charge in [-0.05, 0) is 45.7 Å². The average Bonchev–Trinajstić information content (AvgIpc) is 2.56. The largest absolute Gasteiger partial charge is 0.491 e. The van der Waals surface area contributed by atoms with Gasteiger partial charge in [0.15, 0.2) is 5.96 Å². The summed E-state index contributed by atoms with van der Waals surface area (Å²) in [7, 11) is 1.72. The summed E-state index contributed by atoms with van der Waals surface area (Å²) in [5, 5.41) is 9.11. The molecule has 27 heavy (non-hydrogen) atoms. The third kappa shape index (κ3) is 12.3. The molecular formula is C19H33IN4O3.